The van der Waals surface area contributed by atoms with Crippen molar-refractivity contribution in [2.24, 2.45) is 5.73 Å². The maximum absolute atomic E-state index is 12.6. The van der Waals surface area contributed by atoms with Crippen LogP contribution in [0.4, 0.5) is 0 Å². The molecule has 0 aliphatic rings. The second-order valence-electron chi connectivity index (χ2n) is 13.3. The van der Waals surface area contributed by atoms with Crippen LogP contribution in [0.5, 0.6) is 0 Å². The van der Waals surface area contributed by atoms with Gasteiger partial charge >= 0.3 is 19.8 Å². The second kappa shape index (κ2) is 40.1. The van der Waals surface area contributed by atoms with Crippen molar-refractivity contribution in [1.82, 2.24) is 0 Å². The summed E-state index contributed by atoms with van der Waals surface area (Å²) in [7, 11) is -4.42. The molecule has 0 rings (SSSR count). The van der Waals surface area contributed by atoms with E-state index >= 15 is 0 Å². The molecular weight excluding hydrogens is 729 g/mol. The highest BCUT2D eigenvalue weighted by Gasteiger charge is 2.26. The molecule has 3 atom stereocenters. The Kier molecular flexibility index (Phi) is 37.9. The van der Waals surface area contributed by atoms with E-state index in [0.717, 1.165) is 89.9 Å². The number of carbonyl (C=O) groups excluding carboxylic acids is 2. The minimum Gasteiger partial charge on any atom is -0.462 e. The molecule has 0 aromatic heterocycles. The Morgan fingerprint density at radius 2 is 1.14 bits per heavy atom. The molecule has 0 amide bonds. The van der Waals surface area contributed by atoms with E-state index in [1.54, 1.807) is 6.08 Å². The molecule has 0 fully saturated rings. The first-order valence-electron chi connectivity index (χ1n) is 20.8. The minimum absolute atomic E-state index is 0.0267. The number of hydrogen-bond acceptors (Lipinski definition) is 9. The Balaban J connectivity index is 4.35. The van der Waals surface area contributed by atoms with Crippen molar-refractivity contribution in [1.29, 1.82) is 0 Å². The Hall–Kier alpha value is -3.11. The van der Waals surface area contributed by atoms with Gasteiger partial charge in [-0.1, -0.05) is 143 Å². The van der Waals surface area contributed by atoms with Crippen LogP contribution in [0.3, 0.4) is 0 Å². The van der Waals surface area contributed by atoms with Gasteiger partial charge in [0.2, 0.25) is 0 Å². The highest BCUT2D eigenvalue weighted by Crippen LogP contribution is 2.43. The van der Waals surface area contributed by atoms with Crippen molar-refractivity contribution in [3.8, 4) is 0 Å². The fourth-order valence-electron chi connectivity index (χ4n) is 5.02. The van der Waals surface area contributed by atoms with Crippen molar-refractivity contribution in [2.45, 2.75) is 148 Å². The second-order valence-corrected chi connectivity index (χ2v) is 14.7. The van der Waals surface area contributed by atoms with Crippen molar-refractivity contribution in [3.63, 3.8) is 0 Å². The monoisotopic (exact) mass is 804 g/mol. The number of unbranched alkanes of at least 4 members (excludes halogenated alkanes) is 7. The average Bonchev–Trinajstić information content (AvgIpc) is 3.18. The Bertz CT molecular complexity index is 1250. The normalized spacial score (nSPS) is 14.9. The molecule has 0 heterocycles. The van der Waals surface area contributed by atoms with E-state index in [1.165, 1.54) is 0 Å². The average molecular weight is 804 g/mol. The number of hydrogen-bond donors (Lipinski definition) is 3. The molecule has 318 valence electrons. The van der Waals surface area contributed by atoms with Crippen LogP contribution in [0, 0.1) is 0 Å². The zero-order valence-electron chi connectivity index (χ0n) is 34.4. The molecule has 11 heteroatoms. The number of phosphoric acid groups is 1. The lowest BCUT2D eigenvalue weighted by Crippen LogP contribution is -2.29. The quantitative estimate of drug-likeness (QED) is 0.0182. The zero-order chi connectivity index (χ0) is 41.2. The van der Waals surface area contributed by atoms with Gasteiger partial charge in [-0.25, -0.2) is 4.57 Å². The van der Waals surface area contributed by atoms with Crippen LogP contribution in [-0.2, 0) is 32.7 Å². The molecule has 0 saturated carbocycles. The third kappa shape index (κ3) is 39.1. The first-order chi connectivity index (χ1) is 27.2. The van der Waals surface area contributed by atoms with E-state index in [1.807, 2.05) is 18.2 Å². The lowest BCUT2D eigenvalue weighted by Gasteiger charge is -2.19. The number of phosphoric ester groups is 1. The van der Waals surface area contributed by atoms with Crippen molar-refractivity contribution in [3.05, 3.63) is 97.2 Å². The molecular formula is C45H74NO9P. The number of ether oxygens (including phenoxy) is 2. The topological polar surface area (TPSA) is 155 Å². The SMILES string of the molecule is CC/C=C\C/C=C\C/C=C\C/C=C\C/C=C\CCCCCC(=O)OC[C@H](COP(=O)(O)OCCN)OC(=O)CCCCCCCC(O)/C=C/C=C/C/C=C/CC. The third-order valence-electron chi connectivity index (χ3n) is 8.07. The van der Waals surface area contributed by atoms with E-state index in [0.29, 0.717) is 19.3 Å². The summed E-state index contributed by atoms with van der Waals surface area (Å²) in [6, 6.07) is 0. The number of carbonyl (C=O) groups is 2. The van der Waals surface area contributed by atoms with Gasteiger partial charge in [0, 0.05) is 19.4 Å². The number of rotatable bonds is 37. The molecule has 4 N–H and O–H groups in total. The maximum Gasteiger partial charge on any atom is 0.472 e. The first-order valence-corrected chi connectivity index (χ1v) is 22.3. The van der Waals surface area contributed by atoms with Crippen LogP contribution in [-0.4, -0.2) is 60.5 Å². The number of aliphatic hydroxyl groups excluding tert-OH is 1. The van der Waals surface area contributed by atoms with Crippen LogP contribution in [0.1, 0.15) is 136 Å². The van der Waals surface area contributed by atoms with E-state index in [9.17, 15) is 24.2 Å². The summed E-state index contributed by atoms with van der Waals surface area (Å²) in [6.45, 7) is 3.30. The predicted molar refractivity (Wildman–Crippen MR) is 230 cm³/mol. The molecule has 0 saturated heterocycles. The van der Waals surface area contributed by atoms with Gasteiger partial charge in [0.05, 0.1) is 19.3 Å². The van der Waals surface area contributed by atoms with E-state index in [2.05, 4.69) is 86.8 Å². The van der Waals surface area contributed by atoms with Gasteiger partial charge in [-0.3, -0.25) is 18.6 Å². The van der Waals surface area contributed by atoms with Gasteiger partial charge in [-0.05, 0) is 77.0 Å². The Morgan fingerprint density at radius 3 is 1.75 bits per heavy atom. The predicted octanol–water partition coefficient (Wildman–Crippen LogP) is 10.8. The largest absolute Gasteiger partial charge is 0.472 e. The van der Waals surface area contributed by atoms with Gasteiger partial charge in [0.15, 0.2) is 6.10 Å². The highest BCUT2D eigenvalue weighted by molar-refractivity contribution is 7.47. The smallest absolute Gasteiger partial charge is 0.462 e. The summed E-state index contributed by atoms with van der Waals surface area (Å²) >= 11 is 0. The lowest BCUT2D eigenvalue weighted by atomic mass is 10.1. The standard InChI is InChI=1S/C45H74NO9P/c1-3-5-7-9-11-12-13-14-15-16-17-18-19-20-21-22-24-28-32-36-44(48)52-40-43(41-54-56(50,51)53-39-38-46)55-45(49)37-33-29-25-27-31-35-42(47)34-30-26-23-10-8-6-4-2/h5-8,11-12,14-15,17-18,20-21,23,26,30,34,42-43,47H,3-4,9-10,13,16,19,22,24-25,27-29,31-33,35-41,46H2,1-2H3,(H,50,51)/b7-5-,8-6+,12-11-,15-14-,18-17-,21-20-,26-23+,34-30+/t42?,43-/m1/s1. The molecule has 0 spiro atoms. The molecule has 2 unspecified atom stereocenters. The van der Waals surface area contributed by atoms with Gasteiger partial charge in [-0.2, -0.15) is 0 Å². The Labute approximate surface area is 339 Å². The number of nitrogens with two attached hydrogens (primary N) is 1. The summed E-state index contributed by atoms with van der Waals surface area (Å²) in [5, 5.41) is 10.1. The molecule has 10 nitrogen and oxygen atoms in total. The zero-order valence-corrected chi connectivity index (χ0v) is 35.3. The van der Waals surface area contributed by atoms with Gasteiger partial charge in [0.25, 0.3) is 0 Å². The highest BCUT2D eigenvalue weighted by atomic mass is 31.2. The maximum atomic E-state index is 12.6. The van der Waals surface area contributed by atoms with E-state index in [-0.39, 0.29) is 32.6 Å². The van der Waals surface area contributed by atoms with Crippen molar-refractivity contribution >= 4 is 19.8 Å². The van der Waals surface area contributed by atoms with Crippen LogP contribution in [0.15, 0.2) is 97.2 Å². The molecule has 0 bridgehead atoms. The van der Waals surface area contributed by atoms with Gasteiger partial charge < -0.3 is 25.2 Å². The fourth-order valence-corrected chi connectivity index (χ4v) is 5.78. The first kappa shape index (κ1) is 52.9. The lowest BCUT2D eigenvalue weighted by molar-refractivity contribution is -0.161. The molecule has 0 aromatic rings. The van der Waals surface area contributed by atoms with Gasteiger partial charge in [0.1, 0.15) is 6.61 Å². The fraction of sp³-hybridized carbons (Fsp3) is 0.600. The summed E-state index contributed by atoms with van der Waals surface area (Å²) in [5.41, 5.74) is 5.33. The molecule has 0 radical (unpaired) electrons. The Morgan fingerprint density at radius 1 is 0.625 bits per heavy atom. The van der Waals surface area contributed by atoms with Crippen molar-refractivity contribution < 1.29 is 42.7 Å². The van der Waals surface area contributed by atoms with Crippen LogP contribution >= 0.6 is 7.82 Å². The molecule has 0 aromatic carbocycles. The molecule has 56 heavy (non-hydrogen) atoms. The van der Waals surface area contributed by atoms with E-state index < -0.39 is 38.6 Å². The van der Waals surface area contributed by atoms with E-state index in [4.69, 9.17) is 24.3 Å². The number of aliphatic hydroxyl groups is 1. The van der Waals surface area contributed by atoms with Crippen LogP contribution in [0.2, 0.25) is 0 Å². The summed E-state index contributed by atoms with van der Waals surface area (Å²) < 4.78 is 32.6. The summed E-state index contributed by atoms with van der Waals surface area (Å²) in [6.07, 6.45) is 47.4. The van der Waals surface area contributed by atoms with Gasteiger partial charge in [-0.15, -0.1) is 0 Å². The van der Waals surface area contributed by atoms with Crippen LogP contribution < -0.4 is 5.73 Å². The van der Waals surface area contributed by atoms with Crippen LogP contribution in [0.25, 0.3) is 0 Å². The summed E-state index contributed by atoms with van der Waals surface area (Å²) in [4.78, 5) is 34.8. The third-order valence-corrected chi connectivity index (χ3v) is 9.05. The number of allylic oxidation sites excluding steroid dienone is 15. The summed E-state index contributed by atoms with van der Waals surface area (Å²) in [5.74, 6) is -0.955. The molecule has 0 aliphatic carbocycles. The number of esters is 2. The minimum atomic E-state index is -4.42. The molecule has 0 aliphatic heterocycles. The van der Waals surface area contributed by atoms with Crippen molar-refractivity contribution in [2.75, 3.05) is 26.4 Å².